The lowest BCUT2D eigenvalue weighted by Crippen LogP contribution is -2.00. The Morgan fingerprint density at radius 1 is 0.875 bits per heavy atom. The van der Waals surface area contributed by atoms with E-state index in [-0.39, 0.29) is 0 Å². The van der Waals surface area contributed by atoms with Crippen LogP contribution >= 0.6 is 12.2 Å². The van der Waals surface area contributed by atoms with Gasteiger partial charge in [-0.15, -0.1) is 0 Å². The van der Waals surface area contributed by atoms with Gasteiger partial charge >= 0.3 is 0 Å². The molecule has 3 aromatic rings. The molecule has 0 saturated heterocycles. The summed E-state index contributed by atoms with van der Waals surface area (Å²) in [5.74, 6) is 0.932. The fraction of sp³-hybridized carbons (Fsp3) is 0.286. The maximum atomic E-state index is 5.76. The summed E-state index contributed by atoms with van der Waals surface area (Å²) in [6, 6.07) is 16.6. The zero-order valence-corrected chi connectivity index (χ0v) is 15.3. The van der Waals surface area contributed by atoms with Crippen molar-refractivity contribution in [3.8, 4) is 11.4 Å². The Morgan fingerprint density at radius 2 is 1.46 bits per heavy atom. The van der Waals surface area contributed by atoms with Crippen LogP contribution in [0.5, 0.6) is 5.75 Å². The second kappa shape index (κ2) is 7.18. The molecule has 0 atom stereocenters. The van der Waals surface area contributed by atoms with E-state index in [2.05, 4.69) is 61.7 Å². The zero-order chi connectivity index (χ0) is 17.1. The van der Waals surface area contributed by atoms with Crippen LogP contribution < -0.4 is 4.74 Å². The van der Waals surface area contributed by atoms with Gasteiger partial charge in [-0.2, -0.15) is 0 Å². The third kappa shape index (κ3) is 3.22. The monoisotopic (exact) mass is 337 g/mol. The summed E-state index contributed by atoms with van der Waals surface area (Å²) in [6.07, 6.45) is 2.24. The Balaban J connectivity index is 2.01. The van der Waals surface area contributed by atoms with Crippen molar-refractivity contribution in [2.24, 2.45) is 0 Å². The minimum Gasteiger partial charge on any atom is -0.494 e. The average Bonchev–Trinajstić information content (AvgIpc) is 2.72. The molecule has 1 aromatic heterocycles. The molecule has 0 radical (unpaired) electrons. The largest absolute Gasteiger partial charge is 0.494 e. The predicted octanol–water partition coefficient (Wildman–Crippen LogP) is 6.16. The fourth-order valence-electron chi connectivity index (χ4n) is 3.10. The van der Waals surface area contributed by atoms with Crippen LogP contribution in [0, 0.1) is 18.4 Å². The van der Waals surface area contributed by atoms with Crippen molar-refractivity contribution >= 4 is 23.0 Å². The minimum absolute atomic E-state index is 0.779. The van der Waals surface area contributed by atoms with Crippen LogP contribution in [0.2, 0.25) is 0 Å². The second-order valence-corrected chi connectivity index (χ2v) is 6.57. The number of aryl methyl sites for hydroxylation is 2. The van der Waals surface area contributed by atoms with Gasteiger partial charge in [0.1, 0.15) is 5.75 Å². The van der Waals surface area contributed by atoms with E-state index in [0.717, 1.165) is 35.4 Å². The molecule has 0 saturated carbocycles. The molecule has 2 aromatic carbocycles. The molecule has 1 heterocycles. The third-order valence-corrected chi connectivity index (χ3v) is 4.70. The van der Waals surface area contributed by atoms with E-state index in [9.17, 15) is 0 Å². The van der Waals surface area contributed by atoms with Crippen LogP contribution in [0.1, 0.15) is 31.2 Å². The number of fused-ring (bicyclic) bond motifs is 1. The summed E-state index contributed by atoms with van der Waals surface area (Å²) in [6.45, 7) is 7.26. The molecule has 0 fully saturated rings. The summed E-state index contributed by atoms with van der Waals surface area (Å²) < 4.78 is 8.92. The standard InChI is InChI=1S/C21H23NOS/c1-4-5-14-23-18-8-6-17(7-9-18)22-15(2)20-12-10-19(24)11-13-21(20)16(22)3/h6-13H,4-5,14H2,1-3H3. The van der Waals surface area contributed by atoms with E-state index in [1.165, 1.54) is 22.2 Å². The van der Waals surface area contributed by atoms with Crippen molar-refractivity contribution < 1.29 is 4.74 Å². The first-order valence-electron chi connectivity index (χ1n) is 8.47. The zero-order valence-electron chi connectivity index (χ0n) is 14.5. The van der Waals surface area contributed by atoms with Crippen molar-refractivity contribution in [2.75, 3.05) is 6.61 Å². The number of nitrogens with zero attached hydrogens (tertiary/aromatic N) is 1. The first-order chi connectivity index (χ1) is 11.6. The van der Waals surface area contributed by atoms with E-state index in [4.69, 9.17) is 17.0 Å². The van der Waals surface area contributed by atoms with Crippen molar-refractivity contribution in [3.05, 3.63) is 64.4 Å². The molecule has 0 spiro atoms. The summed E-state index contributed by atoms with van der Waals surface area (Å²) in [5, 5.41) is 2.48. The summed E-state index contributed by atoms with van der Waals surface area (Å²) >= 11 is 5.28. The Bertz CT molecular complexity index is 864. The highest BCUT2D eigenvalue weighted by atomic mass is 32.1. The topological polar surface area (TPSA) is 14.2 Å². The van der Waals surface area contributed by atoms with Gasteiger partial charge in [-0.05, 0) is 56.7 Å². The van der Waals surface area contributed by atoms with Crippen LogP contribution in [0.25, 0.3) is 16.5 Å². The van der Waals surface area contributed by atoms with E-state index in [1.54, 1.807) is 0 Å². The summed E-state index contributed by atoms with van der Waals surface area (Å²) in [5.41, 5.74) is 3.62. The Labute approximate surface area is 148 Å². The van der Waals surface area contributed by atoms with Crippen molar-refractivity contribution in [1.82, 2.24) is 4.57 Å². The number of rotatable bonds is 5. The summed E-state index contributed by atoms with van der Waals surface area (Å²) in [7, 11) is 0. The highest BCUT2D eigenvalue weighted by Crippen LogP contribution is 2.28. The highest BCUT2D eigenvalue weighted by molar-refractivity contribution is 7.71. The third-order valence-electron chi connectivity index (χ3n) is 4.43. The predicted molar refractivity (Wildman–Crippen MR) is 104 cm³/mol. The van der Waals surface area contributed by atoms with Crippen LogP contribution in [0.3, 0.4) is 0 Å². The van der Waals surface area contributed by atoms with Crippen LogP contribution in [0.15, 0.2) is 48.5 Å². The Hall–Kier alpha value is -2.13. The first kappa shape index (κ1) is 16.7. The van der Waals surface area contributed by atoms with Gasteiger partial charge in [-0.3, -0.25) is 0 Å². The molecule has 0 N–H and O–H groups in total. The van der Waals surface area contributed by atoms with E-state index >= 15 is 0 Å². The average molecular weight is 337 g/mol. The number of benzene rings is 1. The molecule has 0 unspecified atom stereocenters. The smallest absolute Gasteiger partial charge is 0.119 e. The molecular formula is C21H23NOS. The molecule has 0 aliphatic heterocycles. The van der Waals surface area contributed by atoms with Gasteiger partial charge in [-0.25, -0.2) is 0 Å². The van der Waals surface area contributed by atoms with E-state index in [1.807, 2.05) is 12.1 Å². The minimum atomic E-state index is 0.779. The lowest BCUT2D eigenvalue weighted by Gasteiger charge is -2.11. The van der Waals surface area contributed by atoms with Gasteiger partial charge in [0.2, 0.25) is 0 Å². The van der Waals surface area contributed by atoms with Gasteiger partial charge in [0.25, 0.3) is 0 Å². The molecule has 0 aliphatic carbocycles. The molecule has 0 bridgehead atoms. The first-order valence-corrected chi connectivity index (χ1v) is 8.88. The normalized spacial score (nSPS) is 11.0. The molecule has 0 amide bonds. The number of ether oxygens (including phenoxy) is 1. The molecule has 3 rings (SSSR count). The SMILES string of the molecule is CCCCOc1ccc(-n2c(C)c3ccc(=S)ccc3c2C)cc1. The number of aromatic nitrogens is 1. The molecule has 124 valence electrons. The molecular weight excluding hydrogens is 314 g/mol. The number of unbranched alkanes of at least 4 members (excludes halogenated alkanes) is 1. The fourth-order valence-corrected chi connectivity index (χ4v) is 3.24. The Kier molecular flexibility index (Phi) is 5.00. The van der Waals surface area contributed by atoms with Crippen LogP contribution in [-0.2, 0) is 0 Å². The van der Waals surface area contributed by atoms with Crippen molar-refractivity contribution in [1.29, 1.82) is 0 Å². The summed E-state index contributed by atoms with van der Waals surface area (Å²) in [4.78, 5) is 0. The molecule has 3 heteroatoms. The number of hydrogen-bond donors (Lipinski definition) is 0. The van der Waals surface area contributed by atoms with Gasteiger partial charge in [0, 0.05) is 32.4 Å². The van der Waals surface area contributed by atoms with E-state index < -0.39 is 0 Å². The van der Waals surface area contributed by atoms with Gasteiger partial charge < -0.3 is 9.30 Å². The number of hydrogen-bond acceptors (Lipinski definition) is 2. The second-order valence-electron chi connectivity index (χ2n) is 6.10. The lowest BCUT2D eigenvalue weighted by atomic mass is 10.2. The van der Waals surface area contributed by atoms with Crippen molar-refractivity contribution in [3.63, 3.8) is 0 Å². The quantitative estimate of drug-likeness (QED) is 0.409. The van der Waals surface area contributed by atoms with Crippen LogP contribution in [0.4, 0.5) is 0 Å². The Morgan fingerprint density at radius 3 is 2.00 bits per heavy atom. The maximum Gasteiger partial charge on any atom is 0.119 e. The lowest BCUT2D eigenvalue weighted by molar-refractivity contribution is 0.309. The van der Waals surface area contributed by atoms with Gasteiger partial charge in [-0.1, -0.05) is 37.7 Å². The molecule has 2 nitrogen and oxygen atoms in total. The molecule has 0 aliphatic rings. The van der Waals surface area contributed by atoms with Crippen LogP contribution in [-0.4, -0.2) is 11.2 Å². The van der Waals surface area contributed by atoms with E-state index in [0.29, 0.717) is 0 Å². The van der Waals surface area contributed by atoms with Crippen molar-refractivity contribution in [2.45, 2.75) is 33.6 Å². The highest BCUT2D eigenvalue weighted by Gasteiger charge is 2.11. The van der Waals surface area contributed by atoms with Gasteiger partial charge in [0.05, 0.1) is 6.61 Å². The molecule has 24 heavy (non-hydrogen) atoms. The maximum absolute atomic E-state index is 5.76. The van der Waals surface area contributed by atoms with Gasteiger partial charge in [0.15, 0.2) is 0 Å².